The number of nitrogens with one attached hydrogen (secondary N) is 1. The highest BCUT2D eigenvalue weighted by Crippen LogP contribution is 2.28. The standard InChI is InChI=1S/C22H20N4O2S/c1-3-15-7-9-16(10-8-15)12-18-20(23)26-22(24-21(18)27)29-19(25-26)13-28-17-6-4-5-14(2)11-17/h4-12,23H,3,13H2,1-2H3/b18-12-,23-20?. The molecule has 6 nitrogen and oxygen atoms in total. The molecule has 0 spiro atoms. The van der Waals surface area contributed by atoms with Crippen LogP contribution < -0.4 is 4.74 Å². The number of hydrogen-bond acceptors (Lipinski definition) is 5. The number of aryl methyl sites for hydroxylation is 2. The lowest BCUT2D eigenvalue weighted by Crippen LogP contribution is -2.35. The van der Waals surface area contributed by atoms with Crippen molar-refractivity contribution in [3.05, 3.63) is 70.8 Å². The number of ether oxygens (including phenoxy) is 1. The van der Waals surface area contributed by atoms with Gasteiger partial charge in [-0.1, -0.05) is 43.3 Å². The number of carbonyl (C=O) groups excluding carboxylic acids is 1. The Kier molecular flexibility index (Phi) is 5.31. The fraction of sp³-hybridized carbons (Fsp3) is 0.182. The molecule has 2 heterocycles. The van der Waals surface area contributed by atoms with Crippen LogP contribution in [0, 0.1) is 12.3 Å². The predicted molar refractivity (Wildman–Crippen MR) is 118 cm³/mol. The van der Waals surface area contributed by atoms with Crippen LogP contribution in [-0.4, -0.2) is 33.6 Å². The third-order valence-electron chi connectivity index (χ3n) is 4.55. The van der Waals surface area contributed by atoms with Gasteiger partial charge in [0.15, 0.2) is 5.84 Å². The van der Waals surface area contributed by atoms with Gasteiger partial charge in [-0.25, -0.2) is 0 Å². The van der Waals surface area contributed by atoms with Gasteiger partial charge in [0.2, 0.25) is 5.17 Å². The van der Waals surface area contributed by atoms with Crippen LogP contribution in [0.1, 0.15) is 23.6 Å². The SMILES string of the molecule is CCc1ccc(/C=C2/C(=N)N3N=C(COc4cccc(C)c4)SC3=NC2=O)cc1. The Balaban J connectivity index is 1.51. The molecule has 2 aliphatic heterocycles. The predicted octanol–water partition coefficient (Wildman–Crippen LogP) is 4.26. The van der Waals surface area contributed by atoms with Gasteiger partial charge in [-0.3, -0.25) is 10.2 Å². The molecule has 0 saturated heterocycles. The summed E-state index contributed by atoms with van der Waals surface area (Å²) in [4.78, 5) is 16.6. The second-order valence-electron chi connectivity index (χ2n) is 6.71. The van der Waals surface area contributed by atoms with Gasteiger partial charge in [0, 0.05) is 0 Å². The summed E-state index contributed by atoms with van der Waals surface area (Å²) in [6.07, 6.45) is 2.64. The molecule has 1 N–H and O–H groups in total. The molecule has 0 bridgehead atoms. The third-order valence-corrected chi connectivity index (χ3v) is 5.43. The first-order valence-corrected chi connectivity index (χ1v) is 10.1. The topological polar surface area (TPSA) is 78.1 Å². The van der Waals surface area contributed by atoms with Crippen molar-refractivity contribution in [2.75, 3.05) is 6.61 Å². The molecule has 0 aromatic heterocycles. The number of aliphatic imine (C=N–C) groups is 1. The molecule has 0 unspecified atom stereocenters. The molecule has 4 rings (SSSR count). The fourth-order valence-corrected chi connectivity index (χ4v) is 3.75. The van der Waals surface area contributed by atoms with Crippen LogP contribution in [0.5, 0.6) is 5.75 Å². The van der Waals surface area contributed by atoms with Crippen molar-refractivity contribution < 1.29 is 9.53 Å². The van der Waals surface area contributed by atoms with Gasteiger partial charge < -0.3 is 4.74 Å². The van der Waals surface area contributed by atoms with Crippen molar-refractivity contribution in [2.45, 2.75) is 20.3 Å². The van der Waals surface area contributed by atoms with Crippen LogP contribution in [0.25, 0.3) is 6.08 Å². The Hall–Kier alpha value is -3.19. The van der Waals surface area contributed by atoms with E-state index in [-0.39, 0.29) is 18.0 Å². The van der Waals surface area contributed by atoms with Gasteiger partial charge in [-0.15, -0.1) is 0 Å². The van der Waals surface area contributed by atoms with Crippen molar-refractivity contribution in [1.29, 1.82) is 5.41 Å². The van der Waals surface area contributed by atoms with Crippen molar-refractivity contribution in [2.24, 2.45) is 10.1 Å². The van der Waals surface area contributed by atoms with Crippen LogP contribution >= 0.6 is 11.8 Å². The second-order valence-corrected chi connectivity index (χ2v) is 7.75. The van der Waals surface area contributed by atoms with Gasteiger partial charge in [-0.05, 0) is 60.0 Å². The third kappa shape index (κ3) is 4.14. The number of fused-ring (bicyclic) bond motifs is 1. The first-order chi connectivity index (χ1) is 14.0. The van der Waals surface area contributed by atoms with E-state index in [2.05, 4.69) is 17.0 Å². The molecule has 1 amide bonds. The number of amides is 1. The Morgan fingerprint density at radius 2 is 2.00 bits per heavy atom. The number of rotatable bonds is 5. The molecule has 0 aliphatic carbocycles. The van der Waals surface area contributed by atoms with Crippen LogP contribution in [0.2, 0.25) is 0 Å². The summed E-state index contributed by atoms with van der Waals surface area (Å²) >= 11 is 1.25. The number of carbonyl (C=O) groups is 1. The summed E-state index contributed by atoms with van der Waals surface area (Å²) < 4.78 is 5.78. The Morgan fingerprint density at radius 3 is 2.72 bits per heavy atom. The van der Waals surface area contributed by atoms with Crippen LogP contribution in [0.15, 0.2) is 64.2 Å². The molecule has 0 radical (unpaired) electrons. The number of hydrazone groups is 1. The molecule has 0 fully saturated rings. The molecule has 29 heavy (non-hydrogen) atoms. The normalized spacial score (nSPS) is 17.3. The smallest absolute Gasteiger partial charge is 0.283 e. The highest BCUT2D eigenvalue weighted by Gasteiger charge is 2.35. The van der Waals surface area contributed by atoms with Gasteiger partial charge in [-0.2, -0.15) is 15.1 Å². The zero-order chi connectivity index (χ0) is 20.4. The zero-order valence-electron chi connectivity index (χ0n) is 16.2. The van der Waals surface area contributed by atoms with E-state index in [0.29, 0.717) is 10.2 Å². The Morgan fingerprint density at radius 1 is 1.21 bits per heavy atom. The minimum Gasteiger partial charge on any atom is -0.487 e. The zero-order valence-corrected chi connectivity index (χ0v) is 17.0. The molecule has 0 saturated carbocycles. The number of thioether (sulfide) groups is 1. The van der Waals surface area contributed by atoms with E-state index < -0.39 is 5.91 Å². The first-order valence-electron chi connectivity index (χ1n) is 9.31. The average molecular weight is 404 g/mol. The van der Waals surface area contributed by atoms with Crippen molar-refractivity contribution in [1.82, 2.24) is 5.01 Å². The van der Waals surface area contributed by atoms with Crippen molar-refractivity contribution in [3.63, 3.8) is 0 Å². The number of amidine groups is 2. The van der Waals surface area contributed by atoms with Crippen molar-refractivity contribution >= 4 is 39.8 Å². The molecular formula is C22H20N4O2S. The summed E-state index contributed by atoms with van der Waals surface area (Å²) in [6.45, 7) is 4.34. The largest absolute Gasteiger partial charge is 0.487 e. The average Bonchev–Trinajstić information content (AvgIpc) is 3.13. The van der Waals surface area contributed by atoms with Gasteiger partial charge in [0.1, 0.15) is 17.4 Å². The van der Waals surface area contributed by atoms with E-state index in [0.717, 1.165) is 23.3 Å². The highest BCUT2D eigenvalue weighted by atomic mass is 32.2. The van der Waals surface area contributed by atoms with Crippen LogP contribution in [0.3, 0.4) is 0 Å². The maximum Gasteiger partial charge on any atom is 0.283 e. The number of benzene rings is 2. The van der Waals surface area contributed by atoms with Crippen molar-refractivity contribution in [3.8, 4) is 5.75 Å². The first kappa shape index (κ1) is 19.1. The molecule has 2 aromatic carbocycles. The molecule has 146 valence electrons. The minimum absolute atomic E-state index is 0.0256. The van der Waals surface area contributed by atoms with Gasteiger partial charge >= 0.3 is 0 Å². The van der Waals surface area contributed by atoms with E-state index in [1.54, 1.807) is 6.08 Å². The summed E-state index contributed by atoms with van der Waals surface area (Å²) in [7, 11) is 0. The van der Waals surface area contributed by atoms with Crippen LogP contribution in [-0.2, 0) is 11.2 Å². The molecule has 2 aliphatic rings. The molecular weight excluding hydrogens is 384 g/mol. The number of hydrogen-bond donors (Lipinski definition) is 1. The lowest BCUT2D eigenvalue weighted by molar-refractivity contribution is -0.114. The lowest BCUT2D eigenvalue weighted by atomic mass is 10.1. The van der Waals surface area contributed by atoms with Gasteiger partial charge in [0.25, 0.3) is 5.91 Å². The summed E-state index contributed by atoms with van der Waals surface area (Å²) in [5, 5.41) is 15.3. The van der Waals surface area contributed by atoms with E-state index >= 15 is 0 Å². The van der Waals surface area contributed by atoms with E-state index in [4.69, 9.17) is 10.1 Å². The Bertz CT molecular complexity index is 1070. The quantitative estimate of drug-likeness (QED) is 0.756. The highest BCUT2D eigenvalue weighted by molar-refractivity contribution is 8.27. The minimum atomic E-state index is -0.427. The second kappa shape index (κ2) is 8.05. The summed E-state index contributed by atoms with van der Waals surface area (Å²) in [6, 6.07) is 15.7. The monoisotopic (exact) mass is 404 g/mol. The van der Waals surface area contributed by atoms with Crippen LogP contribution in [0.4, 0.5) is 0 Å². The Labute approximate surface area is 173 Å². The van der Waals surface area contributed by atoms with E-state index in [1.807, 2.05) is 55.5 Å². The molecule has 7 heteroatoms. The lowest BCUT2D eigenvalue weighted by Gasteiger charge is -2.20. The summed E-state index contributed by atoms with van der Waals surface area (Å²) in [5.74, 6) is 0.351. The maximum absolute atomic E-state index is 12.5. The van der Waals surface area contributed by atoms with E-state index in [9.17, 15) is 4.79 Å². The number of nitrogens with zero attached hydrogens (tertiary/aromatic N) is 3. The summed E-state index contributed by atoms with van der Waals surface area (Å²) in [5.41, 5.74) is 3.41. The fourth-order valence-electron chi connectivity index (χ4n) is 2.96. The molecule has 2 aromatic rings. The maximum atomic E-state index is 12.5. The van der Waals surface area contributed by atoms with Gasteiger partial charge in [0.05, 0.1) is 5.57 Å². The molecule has 0 atom stereocenters. The van der Waals surface area contributed by atoms with E-state index in [1.165, 1.54) is 22.3 Å².